The molecule has 0 aromatic heterocycles. The third-order valence-corrected chi connectivity index (χ3v) is 6.30. The van der Waals surface area contributed by atoms with Crippen LogP contribution in [-0.2, 0) is 10.0 Å². The van der Waals surface area contributed by atoms with Crippen LogP contribution in [0.4, 0.5) is 5.69 Å². The Morgan fingerprint density at radius 1 is 1.40 bits per heavy atom. The van der Waals surface area contributed by atoms with Crippen molar-refractivity contribution in [3.63, 3.8) is 0 Å². The lowest BCUT2D eigenvalue weighted by Crippen LogP contribution is -2.40. The molecule has 112 valence electrons. The molecule has 2 rings (SSSR count). The van der Waals surface area contributed by atoms with Crippen molar-refractivity contribution in [3.8, 4) is 0 Å². The first-order chi connectivity index (χ1) is 9.28. The summed E-state index contributed by atoms with van der Waals surface area (Å²) in [6, 6.07) is 2.93. The molecule has 1 heterocycles. The maximum Gasteiger partial charge on any atom is 0.243 e. The number of aliphatic hydroxyl groups excluding tert-OH is 1. The van der Waals surface area contributed by atoms with E-state index in [1.807, 2.05) is 13.8 Å². The van der Waals surface area contributed by atoms with Crippen LogP contribution in [0.25, 0.3) is 0 Å². The van der Waals surface area contributed by atoms with E-state index < -0.39 is 10.0 Å². The number of hydrogen-bond donors (Lipinski definition) is 2. The molecule has 0 spiro atoms. The largest absolute Gasteiger partial charge is 0.399 e. The van der Waals surface area contributed by atoms with E-state index in [1.165, 1.54) is 10.4 Å². The molecule has 2 atom stereocenters. The number of aryl methyl sites for hydroxylation is 1. The normalized spacial score (nSPS) is 24.2. The smallest absolute Gasteiger partial charge is 0.243 e. The number of nitrogens with zero attached hydrogens (tertiary/aromatic N) is 1. The second kappa shape index (κ2) is 5.35. The number of nitrogen functional groups attached to an aromatic ring is 1. The van der Waals surface area contributed by atoms with E-state index in [2.05, 4.69) is 0 Å². The summed E-state index contributed by atoms with van der Waals surface area (Å²) in [6.07, 6.45) is 0.769. The molecule has 0 aliphatic carbocycles. The van der Waals surface area contributed by atoms with Gasteiger partial charge in [0.05, 0.1) is 17.5 Å². The van der Waals surface area contributed by atoms with Crippen LogP contribution in [0.2, 0.25) is 0 Å². The van der Waals surface area contributed by atoms with E-state index in [-0.39, 0.29) is 23.5 Å². The zero-order valence-corrected chi connectivity index (χ0v) is 12.9. The lowest BCUT2D eigenvalue weighted by Gasteiger charge is -2.25. The molecule has 1 saturated heterocycles. The Morgan fingerprint density at radius 2 is 2.05 bits per heavy atom. The quantitative estimate of drug-likeness (QED) is 0.823. The standard InChI is InChI=1S/C14H22N2O3S/c1-9-4-5-16(13(9)8-17)20(18,19)14-7-12(15)6-10(2)11(14)3/h6-7,9,13,17H,4-5,8,15H2,1-3H3. The van der Waals surface area contributed by atoms with Crippen LogP contribution in [0, 0.1) is 19.8 Å². The van der Waals surface area contributed by atoms with Crippen molar-refractivity contribution in [3.05, 3.63) is 23.3 Å². The van der Waals surface area contributed by atoms with Crippen LogP contribution in [0.3, 0.4) is 0 Å². The molecular weight excluding hydrogens is 276 g/mol. The second-order valence-corrected chi connectivity index (χ2v) is 7.45. The molecule has 5 nitrogen and oxygen atoms in total. The van der Waals surface area contributed by atoms with Crippen molar-refractivity contribution in [1.82, 2.24) is 4.31 Å². The number of sulfonamides is 1. The van der Waals surface area contributed by atoms with Crippen molar-refractivity contribution >= 4 is 15.7 Å². The van der Waals surface area contributed by atoms with Crippen LogP contribution >= 0.6 is 0 Å². The highest BCUT2D eigenvalue weighted by atomic mass is 32.2. The minimum Gasteiger partial charge on any atom is -0.399 e. The average molecular weight is 298 g/mol. The monoisotopic (exact) mass is 298 g/mol. The van der Waals surface area contributed by atoms with E-state index in [4.69, 9.17) is 5.73 Å². The molecular formula is C14H22N2O3S. The topological polar surface area (TPSA) is 83.6 Å². The first-order valence-electron chi connectivity index (χ1n) is 6.78. The maximum atomic E-state index is 12.8. The SMILES string of the molecule is Cc1cc(N)cc(S(=O)(=O)N2CCC(C)C2CO)c1C. The molecule has 2 unspecified atom stereocenters. The van der Waals surface area contributed by atoms with Crippen molar-refractivity contribution in [2.24, 2.45) is 5.92 Å². The van der Waals surface area contributed by atoms with Gasteiger partial charge in [0.1, 0.15) is 0 Å². The van der Waals surface area contributed by atoms with Crippen molar-refractivity contribution < 1.29 is 13.5 Å². The average Bonchev–Trinajstić information content (AvgIpc) is 2.75. The Morgan fingerprint density at radius 3 is 2.65 bits per heavy atom. The predicted octanol–water partition coefficient (Wildman–Crippen LogP) is 1.28. The second-order valence-electron chi connectivity index (χ2n) is 5.59. The first kappa shape index (κ1) is 15.3. The number of anilines is 1. The number of hydrogen-bond acceptors (Lipinski definition) is 4. The molecule has 1 aliphatic rings. The van der Waals surface area contributed by atoms with Gasteiger partial charge >= 0.3 is 0 Å². The molecule has 0 saturated carbocycles. The van der Waals surface area contributed by atoms with E-state index in [9.17, 15) is 13.5 Å². The van der Waals surface area contributed by atoms with Crippen molar-refractivity contribution in [1.29, 1.82) is 0 Å². The molecule has 20 heavy (non-hydrogen) atoms. The highest BCUT2D eigenvalue weighted by Crippen LogP contribution is 2.32. The fourth-order valence-corrected chi connectivity index (χ4v) is 4.85. The molecule has 0 bridgehead atoms. The molecule has 1 fully saturated rings. The fourth-order valence-electron chi connectivity index (χ4n) is 2.79. The highest BCUT2D eigenvalue weighted by molar-refractivity contribution is 7.89. The molecule has 1 aliphatic heterocycles. The summed E-state index contributed by atoms with van der Waals surface area (Å²) < 4.78 is 27.1. The zero-order chi connectivity index (χ0) is 15.1. The molecule has 3 N–H and O–H groups in total. The number of rotatable bonds is 3. The van der Waals surface area contributed by atoms with Gasteiger partial charge in [0.15, 0.2) is 0 Å². The summed E-state index contributed by atoms with van der Waals surface area (Å²) >= 11 is 0. The van der Waals surface area contributed by atoms with Gasteiger partial charge in [-0.1, -0.05) is 6.92 Å². The van der Waals surface area contributed by atoms with Crippen LogP contribution in [0.1, 0.15) is 24.5 Å². The number of nitrogens with two attached hydrogens (primary N) is 1. The van der Waals surface area contributed by atoms with Crippen LogP contribution < -0.4 is 5.73 Å². The minimum absolute atomic E-state index is 0.152. The van der Waals surface area contributed by atoms with Gasteiger partial charge in [-0.05, 0) is 49.4 Å². The van der Waals surface area contributed by atoms with Gasteiger partial charge in [-0.2, -0.15) is 4.31 Å². The molecule has 0 radical (unpaired) electrons. The summed E-state index contributed by atoms with van der Waals surface area (Å²) in [5.41, 5.74) is 7.81. The minimum atomic E-state index is -3.62. The Labute approximate surface area is 120 Å². The Balaban J connectivity index is 2.51. The van der Waals surface area contributed by atoms with Gasteiger partial charge in [-0.3, -0.25) is 0 Å². The molecule has 6 heteroatoms. The Bertz CT molecular complexity index is 613. The van der Waals surface area contributed by atoms with Crippen molar-refractivity contribution in [2.75, 3.05) is 18.9 Å². The summed E-state index contributed by atoms with van der Waals surface area (Å²) in [4.78, 5) is 0.252. The van der Waals surface area contributed by atoms with Gasteiger partial charge < -0.3 is 10.8 Å². The molecule has 0 amide bonds. The zero-order valence-electron chi connectivity index (χ0n) is 12.1. The highest BCUT2D eigenvalue weighted by Gasteiger charge is 2.39. The molecule has 1 aromatic carbocycles. The Hall–Kier alpha value is -1.11. The van der Waals surface area contributed by atoms with Crippen LogP contribution in [-0.4, -0.2) is 37.0 Å². The summed E-state index contributed by atoms with van der Waals surface area (Å²) in [7, 11) is -3.62. The fraction of sp³-hybridized carbons (Fsp3) is 0.571. The van der Waals surface area contributed by atoms with Gasteiger partial charge in [0.25, 0.3) is 0 Å². The lowest BCUT2D eigenvalue weighted by atomic mass is 10.0. The third kappa shape index (κ3) is 2.43. The third-order valence-electron chi connectivity index (χ3n) is 4.25. The predicted molar refractivity (Wildman–Crippen MR) is 78.9 cm³/mol. The maximum absolute atomic E-state index is 12.8. The van der Waals surface area contributed by atoms with Gasteiger partial charge in [0, 0.05) is 12.2 Å². The summed E-state index contributed by atoms with van der Waals surface area (Å²) in [5, 5.41) is 9.46. The van der Waals surface area contributed by atoms with Crippen LogP contribution in [0.5, 0.6) is 0 Å². The first-order valence-corrected chi connectivity index (χ1v) is 8.22. The summed E-state index contributed by atoms with van der Waals surface area (Å²) in [6.45, 7) is 5.90. The van der Waals surface area contributed by atoms with Gasteiger partial charge in [-0.15, -0.1) is 0 Å². The van der Waals surface area contributed by atoms with E-state index in [0.29, 0.717) is 12.2 Å². The lowest BCUT2D eigenvalue weighted by molar-refractivity contribution is 0.191. The van der Waals surface area contributed by atoms with E-state index >= 15 is 0 Å². The van der Waals surface area contributed by atoms with Gasteiger partial charge in [0.2, 0.25) is 10.0 Å². The molecule has 1 aromatic rings. The summed E-state index contributed by atoms with van der Waals surface area (Å²) in [5.74, 6) is 0.164. The van der Waals surface area contributed by atoms with E-state index in [0.717, 1.165) is 17.5 Å². The van der Waals surface area contributed by atoms with Crippen molar-refractivity contribution in [2.45, 2.75) is 38.1 Å². The van der Waals surface area contributed by atoms with Gasteiger partial charge in [-0.25, -0.2) is 8.42 Å². The van der Waals surface area contributed by atoms with E-state index in [1.54, 1.807) is 13.0 Å². The number of aliphatic hydroxyl groups is 1. The van der Waals surface area contributed by atoms with Crippen LogP contribution in [0.15, 0.2) is 17.0 Å². The number of benzene rings is 1. The Kier molecular flexibility index (Phi) is 4.09.